The number of aliphatic hydroxyl groups is 2. The maximum Gasteiger partial charge on any atom is 0.240 e. The molecule has 6 nitrogen and oxygen atoms in total. The fourth-order valence-corrected chi connectivity index (χ4v) is 4.27. The number of quaternary nitrogens is 1. The number of benzene rings is 2. The summed E-state index contributed by atoms with van der Waals surface area (Å²) in [5.74, 6) is 0. The van der Waals surface area contributed by atoms with Gasteiger partial charge in [0.2, 0.25) is 10.0 Å². The van der Waals surface area contributed by atoms with Gasteiger partial charge < -0.3 is 15.1 Å². The summed E-state index contributed by atoms with van der Waals surface area (Å²) in [5, 5.41) is 18.9. The van der Waals surface area contributed by atoms with Crippen LogP contribution in [0.4, 0.5) is 0 Å². The maximum absolute atomic E-state index is 12.6. The van der Waals surface area contributed by atoms with Gasteiger partial charge in [-0.3, -0.25) is 0 Å². The van der Waals surface area contributed by atoms with E-state index in [1.807, 2.05) is 37.3 Å². The first-order valence-corrected chi connectivity index (χ1v) is 10.1. The lowest BCUT2D eigenvalue weighted by atomic mass is 9.90. The Kier molecular flexibility index (Phi) is 7.31. The summed E-state index contributed by atoms with van der Waals surface area (Å²) in [5.41, 5.74) is 0.293. The molecule has 0 aromatic heterocycles. The fourth-order valence-electron chi connectivity index (χ4n) is 3.11. The third-order valence-electron chi connectivity index (χ3n) is 4.69. The molecule has 0 aliphatic carbocycles. The standard InChI is InChI=1S/C19H26N2O4S/c1-19(17-8-4-2-5-9-17,21(12-14-22)13-15-23)16-20-26(24,25)18-10-6-3-7-11-18/h2-11,20,22-23H,12-16H2,1H3/p+1/t19-/m1/s1. The van der Waals surface area contributed by atoms with E-state index >= 15 is 0 Å². The topological polar surface area (TPSA) is 91.1 Å². The molecule has 0 amide bonds. The van der Waals surface area contributed by atoms with Crippen molar-refractivity contribution in [3.8, 4) is 0 Å². The second-order valence-corrected chi connectivity index (χ2v) is 8.15. The van der Waals surface area contributed by atoms with E-state index < -0.39 is 15.6 Å². The van der Waals surface area contributed by atoms with Crippen LogP contribution in [0.2, 0.25) is 0 Å². The average molecular weight is 380 g/mol. The SMILES string of the molecule is C[C@@](CNS(=O)(=O)c1ccccc1)(c1ccccc1)[NH+](CCO)CCO. The van der Waals surface area contributed by atoms with Crippen LogP contribution < -0.4 is 9.62 Å². The molecule has 7 heteroatoms. The molecule has 0 fully saturated rings. The molecule has 0 unspecified atom stereocenters. The quantitative estimate of drug-likeness (QED) is 0.458. The summed E-state index contributed by atoms with van der Waals surface area (Å²) in [6.07, 6.45) is 0. The Balaban J connectivity index is 2.32. The Hall–Kier alpha value is -1.77. The zero-order valence-electron chi connectivity index (χ0n) is 14.9. The molecule has 0 heterocycles. The van der Waals surface area contributed by atoms with Gasteiger partial charge in [-0.05, 0) is 19.1 Å². The molecule has 0 aliphatic heterocycles. The summed E-state index contributed by atoms with van der Waals surface area (Å²) < 4.78 is 28.0. The first kappa shape index (κ1) is 20.5. The molecular formula is C19H27N2O4S+. The van der Waals surface area contributed by atoms with Crippen LogP contribution in [-0.2, 0) is 15.6 Å². The smallest absolute Gasteiger partial charge is 0.240 e. The first-order valence-electron chi connectivity index (χ1n) is 8.61. The highest BCUT2D eigenvalue weighted by Gasteiger charge is 2.38. The molecule has 26 heavy (non-hydrogen) atoms. The lowest BCUT2D eigenvalue weighted by molar-refractivity contribution is -0.958. The van der Waals surface area contributed by atoms with Crippen LogP contribution >= 0.6 is 0 Å². The Morgan fingerprint density at radius 2 is 1.42 bits per heavy atom. The van der Waals surface area contributed by atoms with E-state index in [2.05, 4.69) is 4.72 Å². The highest BCUT2D eigenvalue weighted by atomic mass is 32.2. The Morgan fingerprint density at radius 3 is 1.92 bits per heavy atom. The van der Waals surface area contributed by atoms with Crippen LogP contribution in [0.1, 0.15) is 12.5 Å². The molecule has 0 spiro atoms. The van der Waals surface area contributed by atoms with Crippen molar-refractivity contribution in [3.63, 3.8) is 0 Å². The first-order chi connectivity index (χ1) is 12.4. The Bertz CT molecular complexity index is 763. The molecule has 0 bridgehead atoms. The van der Waals surface area contributed by atoms with E-state index in [0.717, 1.165) is 10.5 Å². The monoisotopic (exact) mass is 379 g/mol. The van der Waals surface area contributed by atoms with Gasteiger partial charge in [0.15, 0.2) is 0 Å². The Labute approximate surface area is 155 Å². The summed E-state index contributed by atoms with van der Waals surface area (Å²) in [6, 6.07) is 17.8. The van der Waals surface area contributed by atoms with Crippen LogP contribution in [0, 0.1) is 0 Å². The van der Waals surface area contributed by atoms with Crippen molar-refractivity contribution in [1.29, 1.82) is 0 Å². The van der Waals surface area contributed by atoms with E-state index in [0.29, 0.717) is 13.1 Å². The van der Waals surface area contributed by atoms with Gasteiger partial charge in [0.1, 0.15) is 18.6 Å². The number of sulfonamides is 1. The predicted molar refractivity (Wildman–Crippen MR) is 100 cm³/mol. The minimum Gasteiger partial charge on any atom is -0.391 e. The fraction of sp³-hybridized carbons (Fsp3) is 0.368. The van der Waals surface area contributed by atoms with Gasteiger partial charge in [-0.25, -0.2) is 13.1 Å². The molecule has 0 saturated heterocycles. The number of aliphatic hydroxyl groups excluding tert-OH is 2. The molecular weight excluding hydrogens is 352 g/mol. The molecule has 2 aromatic rings. The largest absolute Gasteiger partial charge is 0.391 e. The maximum atomic E-state index is 12.6. The van der Waals surface area contributed by atoms with E-state index in [1.165, 1.54) is 0 Å². The van der Waals surface area contributed by atoms with Crippen molar-refractivity contribution in [1.82, 2.24) is 4.72 Å². The summed E-state index contributed by atoms with van der Waals surface area (Å²) in [4.78, 5) is 1.12. The number of rotatable bonds is 10. The lowest BCUT2D eigenvalue weighted by Crippen LogP contribution is -3.20. The van der Waals surface area contributed by atoms with Crippen LogP contribution in [-0.4, -0.2) is 51.5 Å². The van der Waals surface area contributed by atoms with Crippen molar-refractivity contribution >= 4 is 10.0 Å². The molecule has 2 aromatic carbocycles. The molecule has 4 N–H and O–H groups in total. The van der Waals surface area contributed by atoms with Crippen LogP contribution in [0.15, 0.2) is 65.6 Å². The highest BCUT2D eigenvalue weighted by Crippen LogP contribution is 2.18. The zero-order chi connectivity index (χ0) is 19.0. The van der Waals surface area contributed by atoms with Crippen molar-refractivity contribution < 1.29 is 23.5 Å². The number of hydrogen-bond donors (Lipinski definition) is 4. The Morgan fingerprint density at radius 1 is 0.923 bits per heavy atom. The highest BCUT2D eigenvalue weighted by molar-refractivity contribution is 7.89. The second kappa shape index (κ2) is 9.25. The van der Waals surface area contributed by atoms with E-state index in [4.69, 9.17) is 0 Å². The van der Waals surface area contributed by atoms with Gasteiger partial charge in [-0.2, -0.15) is 0 Å². The van der Waals surface area contributed by atoms with Crippen LogP contribution in [0.3, 0.4) is 0 Å². The van der Waals surface area contributed by atoms with Gasteiger partial charge in [0.25, 0.3) is 0 Å². The minimum atomic E-state index is -3.65. The third kappa shape index (κ3) is 4.90. The van der Waals surface area contributed by atoms with Gasteiger partial charge in [0.05, 0.1) is 24.7 Å². The van der Waals surface area contributed by atoms with Gasteiger partial charge >= 0.3 is 0 Å². The third-order valence-corrected chi connectivity index (χ3v) is 6.10. The van der Waals surface area contributed by atoms with Crippen molar-refractivity contribution in [3.05, 3.63) is 66.2 Å². The number of nitrogens with one attached hydrogen (secondary N) is 2. The van der Waals surface area contributed by atoms with Crippen LogP contribution in [0.5, 0.6) is 0 Å². The molecule has 2 rings (SSSR count). The molecule has 142 valence electrons. The normalized spacial score (nSPS) is 14.3. The second-order valence-electron chi connectivity index (χ2n) is 6.39. The van der Waals surface area contributed by atoms with E-state index in [1.54, 1.807) is 30.3 Å². The summed E-state index contributed by atoms with van der Waals surface area (Å²) >= 11 is 0. The average Bonchev–Trinajstić information content (AvgIpc) is 2.67. The van der Waals surface area contributed by atoms with Gasteiger partial charge in [-0.15, -0.1) is 0 Å². The molecule has 0 radical (unpaired) electrons. The lowest BCUT2D eigenvalue weighted by Gasteiger charge is -2.38. The molecule has 0 aliphatic rings. The van der Waals surface area contributed by atoms with E-state index in [-0.39, 0.29) is 24.7 Å². The van der Waals surface area contributed by atoms with Crippen molar-refractivity contribution in [2.24, 2.45) is 0 Å². The summed E-state index contributed by atoms with van der Waals surface area (Å²) in [6.45, 7) is 2.78. The van der Waals surface area contributed by atoms with Crippen LogP contribution in [0.25, 0.3) is 0 Å². The van der Waals surface area contributed by atoms with Gasteiger partial charge in [-0.1, -0.05) is 48.5 Å². The molecule has 0 saturated carbocycles. The zero-order valence-corrected chi connectivity index (χ0v) is 15.7. The van der Waals surface area contributed by atoms with Crippen molar-refractivity contribution in [2.75, 3.05) is 32.8 Å². The van der Waals surface area contributed by atoms with E-state index in [9.17, 15) is 18.6 Å². The predicted octanol–water partition coefficient (Wildman–Crippen LogP) is -0.250. The summed E-state index contributed by atoms with van der Waals surface area (Å²) in [7, 11) is -3.65. The number of hydrogen-bond acceptors (Lipinski definition) is 4. The molecule has 1 atom stereocenters. The minimum absolute atomic E-state index is 0.0524. The van der Waals surface area contributed by atoms with Crippen molar-refractivity contribution in [2.45, 2.75) is 17.4 Å². The van der Waals surface area contributed by atoms with Gasteiger partial charge in [0, 0.05) is 5.56 Å².